The Morgan fingerprint density at radius 1 is 1.11 bits per heavy atom. The lowest BCUT2D eigenvalue weighted by atomic mass is 9.97. The lowest BCUT2D eigenvalue weighted by Gasteiger charge is -2.31. The van der Waals surface area contributed by atoms with Crippen LogP contribution in [0.5, 0.6) is 0 Å². The second kappa shape index (κ2) is 8.33. The average molecular weight is 372 g/mol. The minimum Gasteiger partial charge on any atom is -0.466 e. The van der Waals surface area contributed by atoms with Crippen LogP contribution >= 0.6 is 0 Å². The molecular formula is C20H24N2O5. The monoisotopic (exact) mass is 372 g/mol. The van der Waals surface area contributed by atoms with Crippen LogP contribution in [0, 0.1) is 5.92 Å². The standard InChI is InChI=1S/C20H24N2O5/c1-2-27-20(26)16-4-3-11-21(13-16)19(25)15-7-5-14(6-8-15)12-22-17(23)9-10-18(22)24/h5-8,16H,2-4,9-13H2,1H3/t16-/m0/s1. The smallest absolute Gasteiger partial charge is 0.310 e. The molecule has 0 bridgehead atoms. The fourth-order valence-electron chi connectivity index (χ4n) is 3.53. The Morgan fingerprint density at radius 3 is 2.41 bits per heavy atom. The molecular weight excluding hydrogens is 348 g/mol. The normalized spacial score (nSPS) is 20.1. The summed E-state index contributed by atoms with van der Waals surface area (Å²) in [5.74, 6) is -0.944. The third kappa shape index (κ3) is 4.35. The summed E-state index contributed by atoms with van der Waals surface area (Å²) in [5.41, 5.74) is 1.33. The van der Waals surface area contributed by atoms with E-state index >= 15 is 0 Å². The predicted octanol–water partition coefficient (Wildman–Crippen LogP) is 1.75. The molecule has 2 saturated heterocycles. The Labute approximate surface area is 158 Å². The van der Waals surface area contributed by atoms with Crippen molar-refractivity contribution in [3.05, 3.63) is 35.4 Å². The molecule has 0 saturated carbocycles. The summed E-state index contributed by atoms with van der Waals surface area (Å²) in [6.07, 6.45) is 2.05. The highest BCUT2D eigenvalue weighted by Gasteiger charge is 2.30. The molecule has 0 aliphatic carbocycles. The number of imide groups is 1. The Morgan fingerprint density at radius 2 is 1.78 bits per heavy atom. The van der Waals surface area contributed by atoms with E-state index in [4.69, 9.17) is 4.74 Å². The van der Waals surface area contributed by atoms with Gasteiger partial charge in [0.15, 0.2) is 0 Å². The zero-order valence-corrected chi connectivity index (χ0v) is 15.5. The van der Waals surface area contributed by atoms with Crippen molar-refractivity contribution >= 4 is 23.7 Å². The highest BCUT2D eigenvalue weighted by molar-refractivity contribution is 6.01. The number of piperidine rings is 1. The highest BCUT2D eigenvalue weighted by atomic mass is 16.5. The maximum Gasteiger partial charge on any atom is 0.310 e. The van der Waals surface area contributed by atoms with Crippen LogP contribution in [0.3, 0.4) is 0 Å². The molecule has 1 aromatic carbocycles. The summed E-state index contributed by atoms with van der Waals surface area (Å²) in [6, 6.07) is 6.94. The molecule has 3 rings (SSSR count). The largest absolute Gasteiger partial charge is 0.466 e. The number of esters is 1. The van der Waals surface area contributed by atoms with Crippen LogP contribution in [0.2, 0.25) is 0 Å². The Kier molecular flexibility index (Phi) is 5.88. The molecule has 2 aliphatic heterocycles. The van der Waals surface area contributed by atoms with Gasteiger partial charge in [-0.15, -0.1) is 0 Å². The topological polar surface area (TPSA) is 84.0 Å². The molecule has 0 aromatic heterocycles. The van der Waals surface area contributed by atoms with Gasteiger partial charge in [-0.05, 0) is 37.5 Å². The summed E-state index contributed by atoms with van der Waals surface area (Å²) in [6.45, 7) is 3.34. The first kappa shape index (κ1) is 19.1. The number of likely N-dealkylation sites (tertiary alicyclic amines) is 2. The number of hydrogen-bond acceptors (Lipinski definition) is 5. The third-order valence-corrected chi connectivity index (χ3v) is 5.02. The van der Waals surface area contributed by atoms with Crippen molar-refractivity contribution in [1.82, 2.24) is 9.80 Å². The minimum absolute atomic E-state index is 0.121. The maximum absolute atomic E-state index is 12.7. The van der Waals surface area contributed by atoms with Crippen molar-refractivity contribution in [3.8, 4) is 0 Å². The van der Waals surface area contributed by atoms with E-state index < -0.39 is 0 Å². The fourth-order valence-corrected chi connectivity index (χ4v) is 3.53. The van der Waals surface area contributed by atoms with Crippen LogP contribution in [0.1, 0.15) is 48.5 Å². The van der Waals surface area contributed by atoms with Crippen molar-refractivity contribution in [3.63, 3.8) is 0 Å². The quantitative estimate of drug-likeness (QED) is 0.581. The van der Waals surface area contributed by atoms with Crippen molar-refractivity contribution in [2.75, 3.05) is 19.7 Å². The summed E-state index contributed by atoms with van der Waals surface area (Å²) in [5, 5.41) is 0. The van der Waals surface area contributed by atoms with Crippen LogP contribution in [0.25, 0.3) is 0 Å². The summed E-state index contributed by atoms with van der Waals surface area (Å²) in [7, 11) is 0. The molecule has 0 spiro atoms. The van der Waals surface area contributed by atoms with Gasteiger partial charge in [0, 0.05) is 31.5 Å². The zero-order chi connectivity index (χ0) is 19.4. The number of rotatable bonds is 5. The first-order chi connectivity index (χ1) is 13.0. The molecule has 7 heteroatoms. The van der Waals surface area contributed by atoms with Crippen LogP contribution in [0.4, 0.5) is 0 Å². The van der Waals surface area contributed by atoms with Crippen LogP contribution in [0.15, 0.2) is 24.3 Å². The van der Waals surface area contributed by atoms with E-state index in [1.165, 1.54) is 4.90 Å². The van der Waals surface area contributed by atoms with Gasteiger partial charge in [-0.1, -0.05) is 12.1 Å². The number of benzene rings is 1. The van der Waals surface area contributed by atoms with E-state index in [9.17, 15) is 19.2 Å². The van der Waals surface area contributed by atoms with Gasteiger partial charge in [0.1, 0.15) is 0 Å². The average Bonchev–Trinajstić information content (AvgIpc) is 3.00. The number of carbonyl (C=O) groups is 4. The van der Waals surface area contributed by atoms with Crippen LogP contribution in [-0.2, 0) is 25.7 Å². The maximum atomic E-state index is 12.7. The van der Waals surface area contributed by atoms with Gasteiger partial charge in [0.2, 0.25) is 11.8 Å². The molecule has 144 valence electrons. The SMILES string of the molecule is CCOC(=O)[C@H]1CCCN(C(=O)c2ccc(CN3C(=O)CCC3=O)cc2)C1. The fraction of sp³-hybridized carbons (Fsp3) is 0.500. The molecule has 0 N–H and O–H groups in total. The second-order valence-corrected chi connectivity index (χ2v) is 6.91. The number of ether oxygens (including phenoxy) is 1. The Bertz CT molecular complexity index is 727. The number of hydrogen-bond donors (Lipinski definition) is 0. The number of carbonyl (C=O) groups excluding carboxylic acids is 4. The van der Waals surface area contributed by atoms with Crippen molar-refractivity contribution in [2.24, 2.45) is 5.92 Å². The minimum atomic E-state index is -0.269. The summed E-state index contributed by atoms with van der Waals surface area (Å²) < 4.78 is 5.07. The van der Waals surface area contributed by atoms with Crippen LogP contribution in [-0.4, -0.2) is 53.2 Å². The first-order valence-electron chi connectivity index (χ1n) is 9.37. The van der Waals surface area contributed by atoms with Gasteiger partial charge in [-0.2, -0.15) is 0 Å². The van der Waals surface area contributed by atoms with E-state index in [0.29, 0.717) is 25.3 Å². The Balaban J connectivity index is 1.62. The van der Waals surface area contributed by atoms with Crippen LogP contribution < -0.4 is 0 Å². The van der Waals surface area contributed by atoms with Crippen molar-refractivity contribution in [1.29, 1.82) is 0 Å². The van der Waals surface area contributed by atoms with Gasteiger partial charge < -0.3 is 9.64 Å². The zero-order valence-electron chi connectivity index (χ0n) is 15.5. The first-order valence-corrected chi connectivity index (χ1v) is 9.37. The molecule has 2 aliphatic rings. The Hall–Kier alpha value is -2.70. The van der Waals surface area contributed by atoms with E-state index in [1.54, 1.807) is 36.1 Å². The highest BCUT2D eigenvalue weighted by Crippen LogP contribution is 2.21. The molecule has 1 aromatic rings. The van der Waals surface area contributed by atoms with Gasteiger partial charge in [0.25, 0.3) is 5.91 Å². The molecule has 7 nitrogen and oxygen atoms in total. The van der Waals surface area contributed by atoms with Gasteiger partial charge in [0.05, 0.1) is 19.1 Å². The molecule has 0 unspecified atom stereocenters. The molecule has 1 atom stereocenters. The summed E-state index contributed by atoms with van der Waals surface area (Å²) in [4.78, 5) is 51.0. The van der Waals surface area contributed by atoms with Gasteiger partial charge in [-0.3, -0.25) is 24.1 Å². The van der Waals surface area contributed by atoms with Crippen molar-refractivity contribution < 1.29 is 23.9 Å². The number of amides is 3. The predicted molar refractivity (Wildman–Crippen MR) is 96.5 cm³/mol. The van der Waals surface area contributed by atoms with E-state index in [1.807, 2.05) is 0 Å². The molecule has 2 heterocycles. The second-order valence-electron chi connectivity index (χ2n) is 6.91. The van der Waals surface area contributed by atoms with Crippen molar-refractivity contribution in [2.45, 2.75) is 39.2 Å². The lowest BCUT2D eigenvalue weighted by molar-refractivity contribution is -0.149. The molecule has 27 heavy (non-hydrogen) atoms. The van der Waals surface area contributed by atoms with Gasteiger partial charge in [-0.25, -0.2) is 0 Å². The molecule has 0 radical (unpaired) electrons. The van der Waals surface area contributed by atoms with Gasteiger partial charge >= 0.3 is 5.97 Å². The number of nitrogens with zero attached hydrogens (tertiary/aromatic N) is 2. The molecule has 3 amide bonds. The summed E-state index contributed by atoms with van der Waals surface area (Å²) >= 11 is 0. The van der Waals surface area contributed by atoms with E-state index in [2.05, 4.69) is 0 Å². The van der Waals surface area contributed by atoms with E-state index in [0.717, 1.165) is 18.4 Å². The lowest BCUT2D eigenvalue weighted by Crippen LogP contribution is -2.42. The van der Waals surface area contributed by atoms with E-state index in [-0.39, 0.29) is 49.0 Å². The third-order valence-electron chi connectivity index (χ3n) is 5.02. The molecule has 2 fully saturated rings.